The van der Waals surface area contributed by atoms with E-state index in [9.17, 15) is 8.42 Å². The van der Waals surface area contributed by atoms with Gasteiger partial charge in [0.15, 0.2) is 0 Å². The van der Waals surface area contributed by atoms with Crippen LogP contribution in [0.2, 0.25) is 0 Å². The van der Waals surface area contributed by atoms with E-state index in [1.54, 1.807) is 12.1 Å². The van der Waals surface area contributed by atoms with Gasteiger partial charge in [-0.3, -0.25) is 4.72 Å². The zero-order chi connectivity index (χ0) is 13.0. The minimum atomic E-state index is -3.46. The second-order valence-electron chi connectivity index (χ2n) is 4.53. The molecule has 0 aliphatic heterocycles. The smallest absolute Gasteiger partial charge is 0.299 e. The SMILES string of the molecule is O=S(=O)(Nc1cccc(CCCO)c1)NC1CC1. The predicted octanol–water partition coefficient (Wildman–Crippen LogP) is 1.02. The van der Waals surface area contributed by atoms with Gasteiger partial charge in [-0.15, -0.1) is 0 Å². The summed E-state index contributed by atoms with van der Waals surface area (Å²) < 4.78 is 28.5. The molecule has 1 saturated carbocycles. The third-order valence-corrected chi connectivity index (χ3v) is 3.85. The first-order valence-electron chi connectivity index (χ1n) is 6.09. The van der Waals surface area contributed by atoms with E-state index < -0.39 is 10.2 Å². The standard InChI is InChI=1S/C12H18N2O3S/c15-8-2-4-10-3-1-5-12(9-10)14-18(16,17)13-11-6-7-11/h1,3,5,9,11,13-15H,2,4,6-8H2. The van der Waals surface area contributed by atoms with Crippen molar-refractivity contribution in [1.82, 2.24) is 4.72 Å². The van der Waals surface area contributed by atoms with Gasteiger partial charge in [-0.25, -0.2) is 0 Å². The molecule has 0 aromatic heterocycles. The van der Waals surface area contributed by atoms with Crippen molar-refractivity contribution < 1.29 is 13.5 Å². The van der Waals surface area contributed by atoms with E-state index >= 15 is 0 Å². The summed E-state index contributed by atoms with van der Waals surface area (Å²) in [4.78, 5) is 0. The molecule has 1 aromatic carbocycles. The van der Waals surface area contributed by atoms with Crippen LogP contribution in [0.5, 0.6) is 0 Å². The highest BCUT2D eigenvalue weighted by atomic mass is 32.2. The summed E-state index contributed by atoms with van der Waals surface area (Å²) in [5.74, 6) is 0. The van der Waals surface area contributed by atoms with Gasteiger partial charge in [0.2, 0.25) is 0 Å². The number of rotatable bonds is 7. The third kappa shape index (κ3) is 4.29. The fourth-order valence-electron chi connectivity index (χ4n) is 1.68. The fourth-order valence-corrected chi connectivity index (χ4v) is 2.85. The molecule has 0 spiro atoms. The lowest BCUT2D eigenvalue weighted by molar-refractivity contribution is 0.288. The number of aryl methyl sites for hydroxylation is 1. The highest BCUT2D eigenvalue weighted by Crippen LogP contribution is 2.20. The molecular weight excluding hydrogens is 252 g/mol. The van der Waals surface area contributed by atoms with E-state index in [1.807, 2.05) is 12.1 Å². The van der Waals surface area contributed by atoms with Gasteiger partial charge < -0.3 is 5.11 Å². The number of hydrogen-bond acceptors (Lipinski definition) is 3. The van der Waals surface area contributed by atoms with Crippen molar-refractivity contribution in [3.8, 4) is 0 Å². The van der Waals surface area contributed by atoms with Crippen molar-refractivity contribution in [2.24, 2.45) is 0 Å². The lowest BCUT2D eigenvalue weighted by atomic mass is 10.1. The summed E-state index contributed by atoms with van der Waals surface area (Å²) >= 11 is 0. The Kier molecular flexibility index (Phi) is 4.21. The second kappa shape index (κ2) is 5.69. The Morgan fingerprint density at radius 3 is 2.78 bits per heavy atom. The molecule has 100 valence electrons. The highest BCUT2D eigenvalue weighted by molar-refractivity contribution is 7.90. The zero-order valence-electron chi connectivity index (χ0n) is 10.1. The van der Waals surface area contributed by atoms with Crippen LogP contribution in [0.3, 0.4) is 0 Å². The molecule has 5 nitrogen and oxygen atoms in total. The number of nitrogens with one attached hydrogen (secondary N) is 2. The molecule has 1 aromatic rings. The predicted molar refractivity (Wildman–Crippen MR) is 70.5 cm³/mol. The zero-order valence-corrected chi connectivity index (χ0v) is 10.9. The van der Waals surface area contributed by atoms with Crippen molar-refractivity contribution in [3.63, 3.8) is 0 Å². The molecule has 0 radical (unpaired) electrons. The van der Waals surface area contributed by atoms with Crippen LogP contribution in [0.4, 0.5) is 5.69 Å². The summed E-state index contributed by atoms with van der Waals surface area (Å²) in [6, 6.07) is 7.33. The van der Waals surface area contributed by atoms with Crippen LogP contribution in [-0.2, 0) is 16.6 Å². The van der Waals surface area contributed by atoms with E-state index in [1.165, 1.54) is 0 Å². The number of hydrogen-bond donors (Lipinski definition) is 3. The number of aliphatic hydroxyl groups excluding tert-OH is 1. The van der Waals surface area contributed by atoms with Crippen molar-refractivity contribution in [2.45, 2.75) is 31.7 Å². The van der Waals surface area contributed by atoms with Crippen molar-refractivity contribution in [1.29, 1.82) is 0 Å². The van der Waals surface area contributed by atoms with Crippen LogP contribution in [0.15, 0.2) is 24.3 Å². The summed E-state index contributed by atoms with van der Waals surface area (Å²) in [7, 11) is -3.46. The highest BCUT2D eigenvalue weighted by Gasteiger charge is 2.26. The van der Waals surface area contributed by atoms with E-state index in [0.717, 1.165) is 24.8 Å². The number of benzene rings is 1. The quantitative estimate of drug-likeness (QED) is 0.692. The molecule has 6 heteroatoms. The Labute approximate surface area is 107 Å². The average Bonchev–Trinajstić information content (AvgIpc) is 3.09. The van der Waals surface area contributed by atoms with E-state index in [0.29, 0.717) is 12.1 Å². The molecule has 1 aliphatic rings. The second-order valence-corrected chi connectivity index (χ2v) is 5.97. The molecule has 0 amide bonds. The van der Waals surface area contributed by atoms with Crippen LogP contribution in [0.25, 0.3) is 0 Å². The van der Waals surface area contributed by atoms with Gasteiger partial charge in [0, 0.05) is 12.6 Å². The first kappa shape index (κ1) is 13.3. The van der Waals surface area contributed by atoms with Crippen LogP contribution in [-0.4, -0.2) is 26.2 Å². The Bertz CT molecular complexity index is 498. The lowest BCUT2D eigenvalue weighted by Gasteiger charge is -2.09. The van der Waals surface area contributed by atoms with Crippen LogP contribution >= 0.6 is 0 Å². The summed E-state index contributed by atoms with van der Waals surface area (Å²) in [6.07, 6.45) is 3.24. The molecule has 18 heavy (non-hydrogen) atoms. The third-order valence-electron chi connectivity index (χ3n) is 2.70. The average molecular weight is 270 g/mol. The van der Waals surface area contributed by atoms with Gasteiger partial charge in [0.1, 0.15) is 0 Å². The largest absolute Gasteiger partial charge is 0.396 e. The van der Waals surface area contributed by atoms with Crippen molar-refractivity contribution in [2.75, 3.05) is 11.3 Å². The molecule has 1 fully saturated rings. The van der Waals surface area contributed by atoms with Gasteiger partial charge >= 0.3 is 0 Å². The van der Waals surface area contributed by atoms with Crippen LogP contribution in [0, 0.1) is 0 Å². The Morgan fingerprint density at radius 2 is 2.11 bits per heavy atom. The molecule has 2 rings (SSSR count). The van der Waals surface area contributed by atoms with E-state index in [2.05, 4.69) is 9.44 Å². The maximum absolute atomic E-state index is 11.7. The Hall–Kier alpha value is -1.11. The van der Waals surface area contributed by atoms with Gasteiger partial charge in [-0.2, -0.15) is 13.1 Å². The number of aliphatic hydroxyl groups is 1. The van der Waals surface area contributed by atoms with E-state index in [4.69, 9.17) is 5.11 Å². The van der Waals surface area contributed by atoms with Crippen LogP contribution in [0.1, 0.15) is 24.8 Å². The number of anilines is 1. The van der Waals surface area contributed by atoms with Gasteiger partial charge in [0.05, 0.1) is 5.69 Å². The Morgan fingerprint density at radius 1 is 1.33 bits per heavy atom. The van der Waals surface area contributed by atoms with Crippen LogP contribution < -0.4 is 9.44 Å². The molecule has 0 bridgehead atoms. The molecule has 0 heterocycles. The van der Waals surface area contributed by atoms with E-state index in [-0.39, 0.29) is 12.6 Å². The first-order chi connectivity index (χ1) is 8.59. The maximum Gasteiger partial charge on any atom is 0.299 e. The van der Waals surface area contributed by atoms with Gasteiger partial charge in [0.25, 0.3) is 10.2 Å². The van der Waals surface area contributed by atoms with Gasteiger partial charge in [-0.05, 0) is 43.4 Å². The molecule has 1 aliphatic carbocycles. The molecular formula is C12H18N2O3S. The molecule has 0 atom stereocenters. The normalized spacial score (nSPS) is 15.6. The molecule has 0 saturated heterocycles. The molecule has 0 unspecified atom stereocenters. The van der Waals surface area contributed by atoms with Crippen molar-refractivity contribution in [3.05, 3.63) is 29.8 Å². The topological polar surface area (TPSA) is 78.4 Å². The fraction of sp³-hybridized carbons (Fsp3) is 0.500. The monoisotopic (exact) mass is 270 g/mol. The summed E-state index contributed by atoms with van der Waals surface area (Å²) in [5, 5.41) is 8.77. The summed E-state index contributed by atoms with van der Waals surface area (Å²) in [5.41, 5.74) is 1.56. The maximum atomic E-state index is 11.7. The first-order valence-corrected chi connectivity index (χ1v) is 7.57. The minimum absolute atomic E-state index is 0.0973. The van der Waals surface area contributed by atoms with Crippen molar-refractivity contribution >= 4 is 15.9 Å². The molecule has 3 N–H and O–H groups in total. The minimum Gasteiger partial charge on any atom is -0.396 e. The lowest BCUT2D eigenvalue weighted by Crippen LogP contribution is -2.31. The van der Waals surface area contributed by atoms with Gasteiger partial charge in [-0.1, -0.05) is 12.1 Å². The Balaban J connectivity index is 1.99. The summed E-state index contributed by atoms with van der Waals surface area (Å²) in [6.45, 7) is 0.138.